The lowest BCUT2D eigenvalue weighted by Crippen LogP contribution is -2.02. The Hall–Kier alpha value is -6.07. The molecule has 5 heterocycles. The molecule has 9 rings (SSSR count). The van der Waals surface area contributed by atoms with Crippen LogP contribution in [0, 0.1) is 0 Å². The van der Waals surface area contributed by atoms with Gasteiger partial charge in [0.2, 0.25) is 0 Å². The first-order chi connectivity index (χ1) is 21.8. The number of hydrogen-bond donors (Lipinski definition) is 0. The van der Waals surface area contributed by atoms with Gasteiger partial charge in [0.15, 0.2) is 5.65 Å². The summed E-state index contributed by atoms with van der Waals surface area (Å²) in [5, 5.41) is 3.25. The third kappa shape index (κ3) is 3.76. The van der Waals surface area contributed by atoms with Crippen LogP contribution in [-0.2, 0) is 0 Å². The number of para-hydroxylation sites is 2. The number of fused-ring (bicyclic) bond motifs is 6. The number of aromatic nitrogens is 5. The predicted molar refractivity (Wildman–Crippen MR) is 179 cm³/mol. The van der Waals surface area contributed by atoms with Crippen LogP contribution in [0.1, 0.15) is 0 Å². The van der Waals surface area contributed by atoms with Crippen molar-refractivity contribution in [3.63, 3.8) is 0 Å². The molecule has 4 aromatic carbocycles. The lowest BCUT2D eigenvalue weighted by molar-refractivity contribution is 1.05. The molecule has 9 aromatic rings. The van der Waals surface area contributed by atoms with Crippen molar-refractivity contribution in [1.29, 1.82) is 0 Å². The summed E-state index contributed by atoms with van der Waals surface area (Å²) in [4.78, 5) is 15.6. The molecule has 0 amide bonds. The molecule has 0 radical (unpaired) electrons. The first-order valence-electron chi connectivity index (χ1n) is 14.7. The van der Waals surface area contributed by atoms with Crippen molar-refractivity contribution < 1.29 is 0 Å². The van der Waals surface area contributed by atoms with Gasteiger partial charge in [0.05, 0.1) is 22.2 Å². The number of rotatable bonds is 4. The minimum absolute atomic E-state index is 0.799. The molecule has 0 unspecified atom stereocenters. The van der Waals surface area contributed by atoms with Gasteiger partial charge in [0, 0.05) is 33.6 Å². The first kappa shape index (κ1) is 24.5. The lowest BCUT2D eigenvalue weighted by Gasteiger charge is -2.12. The van der Waals surface area contributed by atoms with Gasteiger partial charge < -0.3 is 0 Å². The van der Waals surface area contributed by atoms with Crippen LogP contribution in [0.3, 0.4) is 0 Å². The molecule has 5 aromatic heterocycles. The molecule has 5 nitrogen and oxygen atoms in total. The second-order valence-electron chi connectivity index (χ2n) is 11.0. The van der Waals surface area contributed by atoms with Crippen LogP contribution in [0.15, 0.2) is 152 Å². The van der Waals surface area contributed by atoms with Crippen LogP contribution >= 0.6 is 0 Å². The van der Waals surface area contributed by atoms with E-state index in [-0.39, 0.29) is 0 Å². The second kappa shape index (κ2) is 9.75. The quantitative estimate of drug-likeness (QED) is 0.214. The number of nitrogens with zero attached hydrogens (tertiary/aromatic N) is 5. The van der Waals surface area contributed by atoms with Crippen molar-refractivity contribution >= 4 is 44.0 Å². The maximum atomic E-state index is 5.46. The van der Waals surface area contributed by atoms with Crippen molar-refractivity contribution in [2.45, 2.75) is 0 Å². The zero-order chi connectivity index (χ0) is 29.0. The zero-order valence-electron chi connectivity index (χ0n) is 23.7. The summed E-state index contributed by atoms with van der Waals surface area (Å²) in [5.74, 6) is 0.799. The molecule has 0 N–H and O–H groups in total. The molecule has 44 heavy (non-hydrogen) atoms. The summed E-state index contributed by atoms with van der Waals surface area (Å²) in [7, 11) is 0. The summed E-state index contributed by atoms with van der Waals surface area (Å²) in [6.45, 7) is 0. The monoisotopic (exact) mass is 563 g/mol. The van der Waals surface area contributed by atoms with Crippen LogP contribution in [0.5, 0.6) is 0 Å². The molecule has 0 aliphatic rings. The molecule has 0 saturated heterocycles. The van der Waals surface area contributed by atoms with E-state index in [2.05, 4.69) is 130 Å². The molecule has 0 spiro atoms. The van der Waals surface area contributed by atoms with Gasteiger partial charge >= 0.3 is 0 Å². The SMILES string of the molecule is c1ccc(-c2cc(-c3ccccc3)nc(-n3c4cccnc4c4cc5c6ccccc6n(-c6ccccc6)c5nc43)c2)cc1. The Kier molecular flexibility index (Phi) is 5.43. The van der Waals surface area contributed by atoms with Crippen molar-refractivity contribution in [3.05, 3.63) is 152 Å². The minimum atomic E-state index is 0.799. The highest BCUT2D eigenvalue weighted by atomic mass is 15.1. The van der Waals surface area contributed by atoms with E-state index >= 15 is 0 Å². The molecule has 0 atom stereocenters. The van der Waals surface area contributed by atoms with E-state index in [0.717, 1.165) is 77.9 Å². The Bertz CT molecular complexity index is 2420. The molecule has 206 valence electrons. The van der Waals surface area contributed by atoms with Gasteiger partial charge in [0.25, 0.3) is 0 Å². The van der Waals surface area contributed by atoms with Crippen LogP contribution in [0.4, 0.5) is 0 Å². The highest BCUT2D eigenvalue weighted by Crippen LogP contribution is 2.38. The van der Waals surface area contributed by atoms with Gasteiger partial charge in [-0.25, -0.2) is 9.97 Å². The van der Waals surface area contributed by atoms with E-state index in [0.29, 0.717) is 0 Å². The van der Waals surface area contributed by atoms with Gasteiger partial charge in [-0.3, -0.25) is 14.1 Å². The smallest absolute Gasteiger partial charge is 0.150 e. The van der Waals surface area contributed by atoms with Gasteiger partial charge in [-0.05, 0) is 59.7 Å². The van der Waals surface area contributed by atoms with E-state index in [1.807, 2.05) is 30.5 Å². The van der Waals surface area contributed by atoms with Crippen molar-refractivity contribution in [2.75, 3.05) is 0 Å². The fraction of sp³-hybridized carbons (Fsp3) is 0. The molecule has 0 fully saturated rings. The first-order valence-corrected chi connectivity index (χ1v) is 14.7. The highest BCUT2D eigenvalue weighted by Gasteiger charge is 2.21. The fourth-order valence-electron chi connectivity index (χ4n) is 6.37. The Morgan fingerprint density at radius 3 is 1.89 bits per heavy atom. The maximum Gasteiger partial charge on any atom is 0.150 e. The minimum Gasteiger partial charge on any atom is -0.294 e. The molecule has 0 aliphatic carbocycles. The highest BCUT2D eigenvalue weighted by molar-refractivity contribution is 6.15. The number of benzene rings is 4. The van der Waals surface area contributed by atoms with Crippen molar-refractivity contribution in [2.24, 2.45) is 0 Å². The zero-order valence-corrected chi connectivity index (χ0v) is 23.7. The van der Waals surface area contributed by atoms with E-state index in [4.69, 9.17) is 15.0 Å². The Balaban J connectivity index is 1.41. The fourth-order valence-corrected chi connectivity index (χ4v) is 6.37. The summed E-state index contributed by atoms with van der Waals surface area (Å²) >= 11 is 0. The third-order valence-electron chi connectivity index (χ3n) is 8.36. The van der Waals surface area contributed by atoms with Gasteiger partial charge in [-0.1, -0.05) is 97.1 Å². The summed E-state index contributed by atoms with van der Waals surface area (Å²) in [6.07, 6.45) is 1.85. The average Bonchev–Trinajstić information content (AvgIpc) is 3.60. The molecular formula is C39H25N5. The maximum absolute atomic E-state index is 5.46. The topological polar surface area (TPSA) is 48.5 Å². The third-order valence-corrected chi connectivity index (χ3v) is 8.36. The predicted octanol–water partition coefficient (Wildman–Crippen LogP) is 9.40. The second-order valence-corrected chi connectivity index (χ2v) is 11.0. The Morgan fingerprint density at radius 2 is 1.09 bits per heavy atom. The van der Waals surface area contributed by atoms with Gasteiger partial charge in [-0.15, -0.1) is 0 Å². The van der Waals surface area contributed by atoms with E-state index in [9.17, 15) is 0 Å². The van der Waals surface area contributed by atoms with Gasteiger partial charge in [0.1, 0.15) is 11.5 Å². The van der Waals surface area contributed by atoms with Crippen molar-refractivity contribution in [3.8, 4) is 33.9 Å². The number of pyridine rings is 3. The van der Waals surface area contributed by atoms with Crippen LogP contribution in [0.2, 0.25) is 0 Å². The van der Waals surface area contributed by atoms with Crippen LogP contribution in [0.25, 0.3) is 77.9 Å². The largest absolute Gasteiger partial charge is 0.294 e. The van der Waals surface area contributed by atoms with E-state index in [1.165, 1.54) is 0 Å². The van der Waals surface area contributed by atoms with E-state index < -0.39 is 0 Å². The molecule has 0 aliphatic heterocycles. The lowest BCUT2D eigenvalue weighted by atomic mass is 10.0. The van der Waals surface area contributed by atoms with E-state index in [1.54, 1.807) is 0 Å². The standard InChI is InChI=1S/C39H25N5/c1-4-13-26(14-5-1)28-23-33(27-15-6-2-7-16-27)41-36(24-28)44-35-21-12-22-40-37(35)32-25-31-30-19-10-11-20-34(30)43(38(31)42-39(32)44)29-17-8-3-9-18-29/h1-25H. The summed E-state index contributed by atoms with van der Waals surface area (Å²) in [5.41, 5.74) is 9.97. The summed E-state index contributed by atoms with van der Waals surface area (Å²) in [6, 6.07) is 50.4. The van der Waals surface area contributed by atoms with Crippen LogP contribution in [-0.4, -0.2) is 24.1 Å². The van der Waals surface area contributed by atoms with Gasteiger partial charge in [-0.2, -0.15) is 0 Å². The Labute approximate surface area is 253 Å². The Morgan fingerprint density at radius 1 is 0.432 bits per heavy atom. The molecular weight excluding hydrogens is 538 g/mol. The summed E-state index contributed by atoms with van der Waals surface area (Å²) < 4.78 is 4.42. The van der Waals surface area contributed by atoms with Crippen molar-refractivity contribution in [1.82, 2.24) is 24.1 Å². The molecule has 0 saturated carbocycles. The molecule has 0 bridgehead atoms. The normalized spacial score (nSPS) is 11.6. The van der Waals surface area contributed by atoms with Crippen LogP contribution < -0.4 is 0 Å². The number of hydrogen-bond acceptors (Lipinski definition) is 3. The average molecular weight is 564 g/mol. The molecule has 5 heteroatoms.